The highest BCUT2D eigenvalue weighted by molar-refractivity contribution is 6.09. The molecule has 7 heteroatoms. The van der Waals surface area contributed by atoms with Gasteiger partial charge in [0.2, 0.25) is 0 Å². The van der Waals surface area contributed by atoms with Crippen LogP contribution < -0.4 is 10.1 Å². The summed E-state index contributed by atoms with van der Waals surface area (Å²) in [5, 5.41) is 23.0. The Morgan fingerprint density at radius 3 is 2.44 bits per heavy atom. The second kappa shape index (κ2) is 10.5. The largest absolute Gasteiger partial charge is 0.489 e. The number of nitrogens with zero attached hydrogens (tertiary/aromatic N) is 2. The van der Waals surface area contributed by atoms with Gasteiger partial charge in [-0.15, -0.1) is 0 Å². The van der Waals surface area contributed by atoms with Crippen molar-refractivity contribution in [2.75, 3.05) is 5.32 Å². The molecule has 0 unspecified atom stereocenters. The van der Waals surface area contributed by atoms with E-state index >= 15 is 0 Å². The number of hydrogen-bond donors (Lipinski definition) is 1. The van der Waals surface area contributed by atoms with Crippen molar-refractivity contribution in [3.8, 4) is 11.8 Å². The van der Waals surface area contributed by atoms with E-state index in [2.05, 4.69) is 5.32 Å². The normalized spacial score (nSPS) is 10.8. The summed E-state index contributed by atoms with van der Waals surface area (Å²) in [6.45, 7) is 2.23. The van der Waals surface area contributed by atoms with Crippen molar-refractivity contribution in [3.05, 3.63) is 105 Å². The van der Waals surface area contributed by atoms with Gasteiger partial charge in [-0.3, -0.25) is 14.9 Å². The number of nitriles is 1. The van der Waals surface area contributed by atoms with Crippen LogP contribution in [0.1, 0.15) is 23.6 Å². The number of carbonyl (C=O) groups excluding carboxylic acids is 1. The zero-order valence-electron chi connectivity index (χ0n) is 17.4. The number of non-ortho nitro benzene ring substituents is 1. The summed E-state index contributed by atoms with van der Waals surface area (Å²) in [7, 11) is 0. The fraction of sp³-hybridized carbons (Fsp3) is 0.120. The highest BCUT2D eigenvalue weighted by Crippen LogP contribution is 2.19. The molecule has 0 bridgehead atoms. The molecule has 3 aromatic rings. The minimum atomic E-state index is -0.484. The summed E-state index contributed by atoms with van der Waals surface area (Å²) in [6.07, 6.45) is 2.41. The smallest absolute Gasteiger partial charge is 0.269 e. The number of rotatable bonds is 8. The monoisotopic (exact) mass is 427 g/mol. The zero-order chi connectivity index (χ0) is 22.9. The maximum atomic E-state index is 12.4. The second-order valence-electron chi connectivity index (χ2n) is 6.96. The average molecular weight is 427 g/mol. The van der Waals surface area contributed by atoms with Crippen LogP contribution in [0.3, 0.4) is 0 Å². The molecule has 3 aromatic carbocycles. The average Bonchev–Trinajstić information content (AvgIpc) is 2.82. The van der Waals surface area contributed by atoms with Crippen molar-refractivity contribution < 1.29 is 14.5 Å². The number of nitro groups is 1. The number of nitro benzene ring substituents is 1. The van der Waals surface area contributed by atoms with Gasteiger partial charge in [-0.05, 0) is 53.5 Å². The van der Waals surface area contributed by atoms with Crippen LogP contribution in [0.15, 0.2) is 78.4 Å². The first-order valence-electron chi connectivity index (χ1n) is 9.96. The summed E-state index contributed by atoms with van der Waals surface area (Å²) in [5.41, 5.74) is 3.12. The number of carbonyl (C=O) groups is 1. The van der Waals surface area contributed by atoms with Gasteiger partial charge in [0.05, 0.1) is 4.92 Å². The Morgan fingerprint density at radius 1 is 1.09 bits per heavy atom. The topological polar surface area (TPSA) is 105 Å². The van der Waals surface area contributed by atoms with Crippen LogP contribution >= 0.6 is 0 Å². The summed E-state index contributed by atoms with van der Waals surface area (Å²) in [4.78, 5) is 22.8. The van der Waals surface area contributed by atoms with Gasteiger partial charge < -0.3 is 10.1 Å². The minimum absolute atomic E-state index is 0.00945. The Balaban J connectivity index is 1.63. The standard InChI is InChI=1S/C25H21N3O4/c1-2-18-6-10-22(11-7-18)27-25(29)21(16-26)14-19-8-12-24(13-9-19)32-17-20-4-3-5-23(15-20)28(30)31/h3-15H,2,17H2,1H3,(H,27,29)/b21-14+. The number of hydrogen-bond acceptors (Lipinski definition) is 5. The Bertz CT molecular complexity index is 1180. The van der Waals surface area contributed by atoms with Gasteiger partial charge in [-0.1, -0.05) is 43.3 Å². The number of amides is 1. The first-order chi connectivity index (χ1) is 15.5. The van der Waals surface area contributed by atoms with E-state index in [9.17, 15) is 20.2 Å². The SMILES string of the molecule is CCc1ccc(NC(=O)/C(C#N)=C/c2ccc(OCc3cccc([N+](=O)[O-])c3)cc2)cc1. The lowest BCUT2D eigenvalue weighted by Crippen LogP contribution is -2.13. The molecule has 3 rings (SSSR count). The minimum Gasteiger partial charge on any atom is -0.489 e. The van der Waals surface area contributed by atoms with E-state index < -0.39 is 10.8 Å². The van der Waals surface area contributed by atoms with Crippen LogP contribution in [0.4, 0.5) is 11.4 Å². The molecule has 0 saturated carbocycles. The molecule has 1 amide bonds. The fourth-order valence-electron chi connectivity index (χ4n) is 2.92. The van der Waals surface area contributed by atoms with Crippen LogP contribution in [0, 0.1) is 21.4 Å². The Morgan fingerprint density at radius 2 is 1.81 bits per heavy atom. The third kappa shape index (κ3) is 6.03. The van der Waals surface area contributed by atoms with Gasteiger partial charge >= 0.3 is 0 Å². The van der Waals surface area contributed by atoms with Crippen LogP contribution in [0.2, 0.25) is 0 Å². The molecule has 0 aromatic heterocycles. The Hall–Kier alpha value is -4.44. The number of benzene rings is 3. The van der Waals surface area contributed by atoms with Crippen LogP contribution in [-0.4, -0.2) is 10.8 Å². The lowest BCUT2D eigenvalue weighted by Gasteiger charge is -2.07. The van der Waals surface area contributed by atoms with Crippen molar-refractivity contribution >= 4 is 23.4 Å². The van der Waals surface area contributed by atoms with E-state index in [-0.39, 0.29) is 17.9 Å². The number of ether oxygens (including phenoxy) is 1. The summed E-state index contributed by atoms with van der Waals surface area (Å²) in [5.74, 6) is 0.0791. The van der Waals surface area contributed by atoms with Crippen LogP contribution in [0.5, 0.6) is 5.75 Å². The molecule has 0 heterocycles. The molecular weight excluding hydrogens is 406 g/mol. The van der Waals surface area contributed by atoms with Crippen molar-refractivity contribution in [1.82, 2.24) is 0 Å². The third-order valence-electron chi connectivity index (χ3n) is 4.70. The molecule has 0 fully saturated rings. The maximum Gasteiger partial charge on any atom is 0.269 e. The zero-order valence-corrected chi connectivity index (χ0v) is 17.4. The van der Waals surface area contributed by atoms with E-state index in [1.165, 1.54) is 18.2 Å². The van der Waals surface area contributed by atoms with Gasteiger partial charge in [0.25, 0.3) is 11.6 Å². The molecule has 32 heavy (non-hydrogen) atoms. The maximum absolute atomic E-state index is 12.4. The second-order valence-corrected chi connectivity index (χ2v) is 6.96. The lowest BCUT2D eigenvalue weighted by atomic mass is 10.1. The quantitative estimate of drug-likeness (QED) is 0.228. The van der Waals surface area contributed by atoms with Crippen molar-refractivity contribution in [3.63, 3.8) is 0 Å². The van der Waals surface area contributed by atoms with Gasteiger partial charge in [-0.25, -0.2) is 0 Å². The Kier molecular flexibility index (Phi) is 7.33. The van der Waals surface area contributed by atoms with E-state index in [4.69, 9.17) is 4.74 Å². The highest BCUT2D eigenvalue weighted by Gasteiger charge is 2.10. The Labute approximate surface area is 185 Å². The van der Waals surface area contributed by atoms with Crippen molar-refractivity contribution in [2.24, 2.45) is 0 Å². The van der Waals surface area contributed by atoms with Crippen molar-refractivity contribution in [2.45, 2.75) is 20.0 Å². The van der Waals surface area contributed by atoms with Gasteiger partial charge in [0, 0.05) is 17.8 Å². The van der Waals surface area contributed by atoms with E-state index in [0.29, 0.717) is 22.6 Å². The van der Waals surface area contributed by atoms with Crippen LogP contribution in [-0.2, 0) is 17.8 Å². The number of anilines is 1. The van der Waals surface area contributed by atoms with E-state index in [1.54, 1.807) is 48.5 Å². The van der Waals surface area contributed by atoms with Gasteiger partial charge in [0.15, 0.2) is 0 Å². The summed E-state index contributed by atoms with van der Waals surface area (Å²) in [6, 6.07) is 22.5. The molecule has 7 nitrogen and oxygen atoms in total. The van der Waals surface area contributed by atoms with E-state index in [0.717, 1.165) is 12.0 Å². The molecular formula is C25H21N3O4. The molecule has 0 saturated heterocycles. The summed E-state index contributed by atoms with van der Waals surface area (Å²) >= 11 is 0. The molecule has 160 valence electrons. The number of nitrogens with one attached hydrogen (secondary N) is 1. The lowest BCUT2D eigenvalue weighted by molar-refractivity contribution is -0.384. The van der Waals surface area contributed by atoms with Crippen LogP contribution in [0.25, 0.3) is 6.08 Å². The first kappa shape index (κ1) is 22.2. The van der Waals surface area contributed by atoms with Gasteiger partial charge in [0.1, 0.15) is 24.0 Å². The predicted molar refractivity (Wildman–Crippen MR) is 122 cm³/mol. The molecule has 0 atom stereocenters. The van der Waals surface area contributed by atoms with Crippen molar-refractivity contribution in [1.29, 1.82) is 5.26 Å². The first-order valence-corrected chi connectivity index (χ1v) is 9.96. The molecule has 0 radical (unpaired) electrons. The highest BCUT2D eigenvalue weighted by atomic mass is 16.6. The van der Waals surface area contributed by atoms with E-state index in [1.807, 2.05) is 25.1 Å². The van der Waals surface area contributed by atoms with Gasteiger partial charge in [-0.2, -0.15) is 5.26 Å². The summed E-state index contributed by atoms with van der Waals surface area (Å²) < 4.78 is 5.67. The third-order valence-corrected chi connectivity index (χ3v) is 4.70. The molecule has 0 aliphatic carbocycles. The molecule has 1 N–H and O–H groups in total. The molecule has 0 spiro atoms. The number of aryl methyl sites for hydroxylation is 1. The fourth-order valence-corrected chi connectivity index (χ4v) is 2.92. The molecule has 0 aliphatic heterocycles. The molecule has 0 aliphatic rings. The predicted octanol–water partition coefficient (Wildman–Crippen LogP) is 5.28.